The highest BCUT2D eigenvalue weighted by Crippen LogP contribution is 2.40. The van der Waals surface area contributed by atoms with Crippen LogP contribution in [0.4, 0.5) is 19.0 Å². The number of hydrogen-bond donors (Lipinski definition) is 0. The second kappa shape index (κ2) is 8.03. The average molecular weight is 449 g/mol. The van der Waals surface area contributed by atoms with E-state index in [-0.39, 0.29) is 24.7 Å². The molecule has 1 atom stereocenters. The lowest BCUT2D eigenvalue weighted by atomic mass is 10.1. The Morgan fingerprint density at radius 3 is 2.68 bits per heavy atom. The zero-order chi connectivity index (χ0) is 22.3. The van der Waals surface area contributed by atoms with E-state index in [9.17, 15) is 18.0 Å². The molecular weight excluding hydrogens is 427 g/mol. The lowest BCUT2D eigenvalue weighted by Gasteiger charge is -2.33. The van der Waals surface area contributed by atoms with Gasteiger partial charge in [0, 0.05) is 18.2 Å². The number of nitrogens with zero attached hydrogens (tertiary/aromatic N) is 3. The minimum absolute atomic E-state index is 0.0134. The lowest BCUT2D eigenvalue weighted by molar-refractivity contribution is -0.172. The molecule has 0 N–H and O–H groups in total. The van der Waals surface area contributed by atoms with Crippen LogP contribution < -0.4 is 9.64 Å². The molecule has 1 amide bonds. The third-order valence-electron chi connectivity index (χ3n) is 5.41. The molecule has 4 rings (SSSR count). The maximum Gasteiger partial charge on any atom is 0.410 e. The zero-order valence-corrected chi connectivity index (χ0v) is 18.2. The van der Waals surface area contributed by atoms with Crippen LogP contribution in [0.25, 0.3) is 0 Å². The summed E-state index contributed by atoms with van der Waals surface area (Å²) in [5.74, 6) is 0.595. The van der Waals surface area contributed by atoms with Gasteiger partial charge in [0.05, 0.1) is 10.6 Å². The van der Waals surface area contributed by atoms with Crippen molar-refractivity contribution in [1.82, 2.24) is 9.78 Å². The van der Waals surface area contributed by atoms with E-state index in [0.717, 1.165) is 21.6 Å². The fraction of sp³-hybridized carbons (Fsp3) is 0.364. The Morgan fingerprint density at radius 2 is 1.97 bits per heavy atom. The Balaban J connectivity index is 1.50. The standard InChI is InChI=1S/C22H22F3N3O2S/c1-13-4-5-17(8-14(13)2)30-11-16-10-18(31-12-16)21(29)27-7-6-19(22(23,24)25)28-20(27)9-15(3)26-28/h4-5,8-10,12,19H,6-7,11H2,1-3H3. The van der Waals surface area contributed by atoms with Crippen molar-refractivity contribution in [3.8, 4) is 5.75 Å². The summed E-state index contributed by atoms with van der Waals surface area (Å²) < 4.78 is 46.9. The average Bonchev–Trinajstić information content (AvgIpc) is 3.32. The number of halogens is 3. The molecule has 0 spiro atoms. The maximum absolute atomic E-state index is 13.4. The Kier molecular flexibility index (Phi) is 5.55. The third-order valence-corrected chi connectivity index (χ3v) is 6.37. The highest BCUT2D eigenvalue weighted by atomic mass is 32.1. The van der Waals surface area contributed by atoms with Crippen molar-refractivity contribution >= 4 is 23.1 Å². The quantitative estimate of drug-likeness (QED) is 0.521. The lowest BCUT2D eigenvalue weighted by Crippen LogP contribution is -2.42. The van der Waals surface area contributed by atoms with Gasteiger partial charge in [-0.1, -0.05) is 6.07 Å². The van der Waals surface area contributed by atoms with E-state index in [4.69, 9.17) is 4.74 Å². The van der Waals surface area contributed by atoms with Crippen molar-refractivity contribution in [2.24, 2.45) is 0 Å². The number of thiophene rings is 1. The van der Waals surface area contributed by atoms with Crippen LogP contribution in [0.15, 0.2) is 35.7 Å². The van der Waals surface area contributed by atoms with E-state index in [1.54, 1.807) is 13.0 Å². The molecular formula is C22H22F3N3O2S. The van der Waals surface area contributed by atoms with Crippen molar-refractivity contribution in [2.75, 3.05) is 11.4 Å². The number of aromatic nitrogens is 2. The summed E-state index contributed by atoms with van der Waals surface area (Å²) in [5.41, 5.74) is 3.59. The molecule has 1 aliphatic heterocycles. The number of ether oxygens (including phenoxy) is 1. The Morgan fingerprint density at radius 1 is 1.19 bits per heavy atom. The fourth-order valence-electron chi connectivity index (χ4n) is 3.60. The Bertz CT molecular complexity index is 1120. The summed E-state index contributed by atoms with van der Waals surface area (Å²) in [6, 6.07) is 7.38. The second-order valence-electron chi connectivity index (χ2n) is 7.75. The molecule has 3 heterocycles. The number of aryl methyl sites for hydroxylation is 3. The van der Waals surface area contributed by atoms with Crippen LogP contribution in [-0.4, -0.2) is 28.4 Å². The molecule has 0 fully saturated rings. The highest BCUT2D eigenvalue weighted by Gasteiger charge is 2.46. The predicted molar refractivity (Wildman–Crippen MR) is 113 cm³/mol. The molecule has 0 aliphatic carbocycles. The summed E-state index contributed by atoms with van der Waals surface area (Å²) in [6.07, 6.45) is -4.64. The van der Waals surface area contributed by atoms with Gasteiger partial charge >= 0.3 is 6.18 Å². The number of rotatable bonds is 4. The molecule has 0 bridgehead atoms. The first-order valence-electron chi connectivity index (χ1n) is 9.85. The van der Waals surface area contributed by atoms with Gasteiger partial charge < -0.3 is 4.74 Å². The van der Waals surface area contributed by atoms with Gasteiger partial charge in [-0.2, -0.15) is 18.3 Å². The van der Waals surface area contributed by atoms with E-state index in [1.807, 2.05) is 37.4 Å². The van der Waals surface area contributed by atoms with Crippen molar-refractivity contribution in [3.63, 3.8) is 0 Å². The van der Waals surface area contributed by atoms with E-state index in [2.05, 4.69) is 5.10 Å². The summed E-state index contributed by atoms with van der Waals surface area (Å²) in [6.45, 7) is 5.95. The number of fused-ring (bicyclic) bond motifs is 1. The second-order valence-corrected chi connectivity index (χ2v) is 8.66. The number of hydrogen-bond acceptors (Lipinski definition) is 4. The molecule has 0 saturated carbocycles. The Labute approximate surface area is 182 Å². The van der Waals surface area contributed by atoms with E-state index in [1.165, 1.54) is 27.9 Å². The van der Waals surface area contributed by atoms with Crippen molar-refractivity contribution < 1.29 is 22.7 Å². The smallest absolute Gasteiger partial charge is 0.410 e. The number of benzene rings is 1. The van der Waals surface area contributed by atoms with Gasteiger partial charge in [0.25, 0.3) is 5.91 Å². The first-order valence-corrected chi connectivity index (χ1v) is 10.7. The number of amides is 1. The van der Waals surface area contributed by atoms with Gasteiger partial charge in [-0.25, -0.2) is 4.68 Å². The van der Waals surface area contributed by atoms with Gasteiger partial charge in [0.15, 0.2) is 6.04 Å². The van der Waals surface area contributed by atoms with Crippen molar-refractivity contribution in [1.29, 1.82) is 0 Å². The molecule has 1 aromatic carbocycles. The third kappa shape index (κ3) is 4.32. The summed E-state index contributed by atoms with van der Waals surface area (Å²) >= 11 is 1.26. The molecule has 164 valence electrons. The Hall–Kier alpha value is -2.81. The summed E-state index contributed by atoms with van der Waals surface area (Å²) in [4.78, 5) is 14.9. The van der Waals surface area contributed by atoms with Gasteiger partial charge in [-0.05, 0) is 61.9 Å². The first-order chi connectivity index (χ1) is 14.6. The van der Waals surface area contributed by atoms with E-state index >= 15 is 0 Å². The number of alkyl halides is 3. The number of carbonyl (C=O) groups is 1. The zero-order valence-electron chi connectivity index (χ0n) is 17.4. The normalized spacial score (nSPS) is 16.3. The van der Waals surface area contributed by atoms with Crippen LogP contribution in [0, 0.1) is 20.8 Å². The molecule has 0 saturated heterocycles. The topological polar surface area (TPSA) is 47.4 Å². The van der Waals surface area contributed by atoms with Gasteiger partial charge in [0.1, 0.15) is 18.2 Å². The SMILES string of the molecule is Cc1cc2n(n1)C(C(F)(F)F)CCN2C(=O)c1cc(COc2ccc(C)c(C)c2)cs1. The van der Waals surface area contributed by atoms with Crippen LogP contribution in [0.5, 0.6) is 5.75 Å². The van der Waals surface area contributed by atoms with Crippen LogP contribution in [0.2, 0.25) is 0 Å². The summed E-state index contributed by atoms with van der Waals surface area (Å²) in [7, 11) is 0. The molecule has 5 nitrogen and oxygen atoms in total. The largest absolute Gasteiger partial charge is 0.489 e. The maximum atomic E-state index is 13.4. The van der Waals surface area contributed by atoms with Crippen molar-refractivity contribution in [2.45, 2.75) is 46.0 Å². The minimum atomic E-state index is -4.41. The summed E-state index contributed by atoms with van der Waals surface area (Å²) in [5, 5.41) is 5.83. The highest BCUT2D eigenvalue weighted by molar-refractivity contribution is 7.12. The molecule has 2 aromatic heterocycles. The molecule has 31 heavy (non-hydrogen) atoms. The van der Waals surface area contributed by atoms with E-state index < -0.39 is 12.2 Å². The fourth-order valence-corrected chi connectivity index (χ4v) is 4.44. The van der Waals surface area contributed by atoms with Gasteiger partial charge in [0.2, 0.25) is 0 Å². The molecule has 0 radical (unpaired) electrons. The minimum Gasteiger partial charge on any atom is -0.489 e. The molecule has 1 aliphatic rings. The molecule has 1 unspecified atom stereocenters. The van der Waals surface area contributed by atoms with Crippen LogP contribution in [0.3, 0.4) is 0 Å². The van der Waals surface area contributed by atoms with Gasteiger partial charge in [-0.3, -0.25) is 9.69 Å². The first kappa shape index (κ1) is 21.4. The number of anilines is 1. The monoisotopic (exact) mass is 449 g/mol. The number of carbonyl (C=O) groups excluding carboxylic acids is 1. The molecule has 3 aromatic rings. The van der Waals surface area contributed by atoms with Gasteiger partial charge in [-0.15, -0.1) is 11.3 Å². The van der Waals surface area contributed by atoms with Crippen LogP contribution in [-0.2, 0) is 6.61 Å². The van der Waals surface area contributed by atoms with E-state index in [0.29, 0.717) is 17.2 Å². The van der Waals surface area contributed by atoms with Crippen molar-refractivity contribution in [3.05, 3.63) is 63.0 Å². The van der Waals surface area contributed by atoms with Crippen LogP contribution >= 0.6 is 11.3 Å². The molecule has 9 heteroatoms. The predicted octanol–water partition coefficient (Wildman–Crippen LogP) is 5.60. The van der Waals surface area contributed by atoms with Crippen LogP contribution in [0.1, 0.15) is 44.5 Å².